The Kier molecular flexibility index (Phi) is 5.49. The van der Waals surface area contributed by atoms with Crippen molar-refractivity contribution in [2.24, 2.45) is 0 Å². The van der Waals surface area contributed by atoms with E-state index in [1.807, 2.05) is 49.1 Å². The summed E-state index contributed by atoms with van der Waals surface area (Å²) in [5.74, 6) is -1.22. The Morgan fingerprint density at radius 2 is 1.75 bits per heavy atom. The van der Waals surface area contributed by atoms with Crippen molar-refractivity contribution in [2.75, 3.05) is 18.0 Å². The molecule has 2 rings (SSSR count). The number of aromatic nitrogens is 1. The fraction of sp³-hybridized carbons (Fsp3) is 0.278. The normalized spacial score (nSPS) is 12.3. The first-order chi connectivity index (χ1) is 11.4. The molecule has 0 aliphatic rings. The third-order valence-corrected chi connectivity index (χ3v) is 3.69. The Morgan fingerprint density at radius 3 is 2.29 bits per heavy atom. The van der Waals surface area contributed by atoms with Gasteiger partial charge in [0.25, 0.3) is 0 Å². The van der Waals surface area contributed by atoms with Crippen LogP contribution in [0.3, 0.4) is 0 Å². The Bertz CT molecular complexity index is 708. The highest BCUT2D eigenvalue weighted by atomic mass is 19.4. The van der Waals surface area contributed by atoms with E-state index in [0.717, 1.165) is 11.6 Å². The highest BCUT2D eigenvalue weighted by Gasteiger charge is 2.34. The zero-order chi connectivity index (χ0) is 17.7. The molecule has 0 fully saturated rings. The molecule has 24 heavy (non-hydrogen) atoms. The lowest BCUT2D eigenvalue weighted by molar-refractivity contribution is -0.119. The fourth-order valence-corrected chi connectivity index (χ4v) is 2.47. The van der Waals surface area contributed by atoms with Gasteiger partial charge in [0.15, 0.2) is 5.76 Å². The lowest BCUT2D eigenvalue weighted by Crippen LogP contribution is -2.24. The summed E-state index contributed by atoms with van der Waals surface area (Å²) in [5.41, 5.74) is 1.60. The summed E-state index contributed by atoms with van der Waals surface area (Å²) in [6, 6.07) is 10.7. The summed E-state index contributed by atoms with van der Waals surface area (Å²) >= 11 is 0. The van der Waals surface area contributed by atoms with Gasteiger partial charge in [-0.05, 0) is 37.1 Å². The number of allylic oxidation sites excluding steroid dienone is 1. The molecule has 1 aromatic heterocycles. The molecule has 2 aromatic rings. The molecule has 128 valence electrons. The Balaban J connectivity index is 2.70. The molecule has 0 atom stereocenters. The van der Waals surface area contributed by atoms with Crippen LogP contribution in [-0.2, 0) is 0 Å². The topological polar surface area (TPSA) is 36.4 Å². The Morgan fingerprint density at radius 1 is 1.12 bits per heavy atom. The van der Waals surface area contributed by atoms with E-state index in [4.69, 9.17) is 0 Å². The molecular formula is C18H19F3N2O. The smallest absolute Gasteiger partial charge is 0.448 e. The van der Waals surface area contributed by atoms with Gasteiger partial charge in [0, 0.05) is 24.8 Å². The van der Waals surface area contributed by atoms with E-state index in [1.54, 1.807) is 12.3 Å². The quantitative estimate of drug-likeness (QED) is 0.776. The van der Waals surface area contributed by atoms with Crippen molar-refractivity contribution < 1.29 is 18.3 Å². The van der Waals surface area contributed by atoms with Crippen LogP contribution in [0.1, 0.15) is 19.4 Å². The first-order valence-electron chi connectivity index (χ1n) is 7.65. The Hall–Kier alpha value is -2.50. The molecule has 1 heterocycles. The molecule has 0 aliphatic heterocycles. The molecule has 0 unspecified atom stereocenters. The molecule has 1 N–H and O–H groups in total. The van der Waals surface area contributed by atoms with Crippen molar-refractivity contribution in [3.05, 3.63) is 53.9 Å². The van der Waals surface area contributed by atoms with E-state index in [0.29, 0.717) is 24.5 Å². The number of benzene rings is 1. The maximum absolute atomic E-state index is 12.8. The molecule has 6 heteroatoms. The monoisotopic (exact) mass is 336 g/mol. The van der Waals surface area contributed by atoms with Gasteiger partial charge in [-0.15, -0.1) is 0 Å². The highest BCUT2D eigenvalue weighted by molar-refractivity contribution is 5.82. The first-order valence-corrected chi connectivity index (χ1v) is 7.65. The number of aliphatic hydroxyl groups is 1. The van der Waals surface area contributed by atoms with Gasteiger partial charge in [-0.3, -0.25) is 0 Å². The maximum atomic E-state index is 12.8. The minimum Gasteiger partial charge on any atom is -0.504 e. The van der Waals surface area contributed by atoms with E-state index in [9.17, 15) is 18.3 Å². The van der Waals surface area contributed by atoms with Crippen molar-refractivity contribution in [3.63, 3.8) is 0 Å². The number of nitrogens with zero attached hydrogens (tertiary/aromatic N) is 2. The van der Waals surface area contributed by atoms with Gasteiger partial charge in [-0.2, -0.15) is 13.2 Å². The SMILES string of the molecule is CCN(CC)c1nccc(-c2ccccc2)c1/C=C(/O)C(F)(F)F. The third kappa shape index (κ3) is 3.88. The summed E-state index contributed by atoms with van der Waals surface area (Å²) in [5, 5.41) is 9.45. The second kappa shape index (κ2) is 7.38. The number of anilines is 1. The summed E-state index contributed by atoms with van der Waals surface area (Å²) in [6.45, 7) is 4.99. The summed E-state index contributed by atoms with van der Waals surface area (Å²) in [6.07, 6.45) is -2.48. The van der Waals surface area contributed by atoms with Crippen molar-refractivity contribution >= 4 is 11.9 Å². The van der Waals surface area contributed by atoms with Crippen molar-refractivity contribution in [1.82, 2.24) is 4.98 Å². The molecule has 3 nitrogen and oxygen atoms in total. The zero-order valence-electron chi connectivity index (χ0n) is 13.5. The first kappa shape index (κ1) is 17.8. The van der Waals surface area contributed by atoms with Crippen LogP contribution < -0.4 is 4.90 Å². The molecule has 0 amide bonds. The van der Waals surface area contributed by atoms with Gasteiger partial charge >= 0.3 is 6.18 Å². The molecule has 0 saturated carbocycles. The molecule has 0 spiro atoms. The largest absolute Gasteiger partial charge is 0.504 e. The van der Waals surface area contributed by atoms with E-state index < -0.39 is 11.9 Å². The van der Waals surface area contributed by atoms with Crippen molar-refractivity contribution in [1.29, 1.82) is 0 Å². The number of halogens is 3. The van der Waals surface area contributed by atoms with Gasteiger partial charge in [-0.25, -0.2) is 4.98 Å². The number of aliphatic hydroxyl groups excluding tert-OH is 1. The van der Waals surface area contributed by atoms with Crippen LogP contribution in [0, 0.1) is 0 Å². The lowest BCUT2D eigenvalue weighted by Gasteiger charge is -2.23. The molecule has 0 saturated heterocycles. The van der Waals surface area contributed by atoms with Crippen LogP contribution in [0.4, 0.5) is 19.0 Å². The van der Waals surface area contributed by atoms with Crippen LogP contribution in [-0.4, -0.2) is 29.4 Å². The van der Waals surface area contributed by atoms with E-state index >= 15 is 0 Å². The number of hydrogen-bond acceptors (Lipinski definition) is 3. The molecule has 0 bridgehead atoms. The lowest BCUT2D eigenvalue weighted by atomic mass is 9.99. The average molecular weight is 336 g/mol. The van der Waals surface area contributed by atoms with Gasteiger partial charge in [-0.1, -0.05) is 30.3 Å². The van der Waals surface area contributed by atoms with Gasteiger partial charge in [0.1, 0.15) is 5.82 Å². The number of alkyl halides is 3. The third-order valence-electron chi connectivity index (χ3n) is 3.69. The van der Waals surface area contributed by atoms with Gasteiger partial charge < -0.3 is 10.0 Å². The van der Waals surface area contributed by atoms with Crippen LogP contribution in [0.5, 0.6) is 0 Å². The zero-order valence-corrected chi connectivity index (χ0v) is 13.5. The second-order valence-electron chi connectivity index (χ2n) is 5.16. The van der Waals surface area contributed by atoms with Crippen molar-refractivity contribution in [2.45, 2.75) is 20.0 Å². The van der Waals surface area contributed by atoms with Crippen LogP contribution in [0.15, 0.2) is 48.4 Å². The van der Waals surface area contributed by atoms with E-state index in [-0.39, 0.29) is 5.56 Å². The average Bonchev–Trinajstić information content (AvgIpc) is 2.57. The van der Waals surface area contributed by atoms with E-state index in [2.05, 4.69) is 4.98 Å². The minimum absolute atomic E-state index is 0.252. The highest BCUT2D eigenvalue weighted by Crippen LogP contribution is 2.34. The Labute approximate surface area is 139 Å². The van der Waals surface area contributed by atoms with Gasteiger partial charge in [0.2, 0.25) is 0 Å². The summed E-state index contributed by atoms with van der Waals surface area (Å²) in [4.78, 5) is 6.09. The molecule has 0 aliphatic carbocycles. The predicted molar refractivity (Wildman–Crippen MR) is 89.9 cm³/mol. The number of pyridine rings is 1. The fourth-order valence-electron chi connectivity index (χ4n) is 2.47. The maximum Gasteiger partial charge on any atom is 0.448 e. The molecule has 1 aromatic carbocycles. The number of rotatable bonds is 5. The van der Waals surface area contributed by atoms with Crippen LogP contribution in [0.25, 0.3) is 17.2 Å². The van der Waals surface area contributed by atoms with Crippen molar-refractivity contribution in [3.8, 4) is 11.1 Å². The standard InChI is InChI=1S/C18H19F3N2O/c1-3-23(4-2)17-15(12-16(24)18(19,20)21)14(10-11-22-17)13-8-6-5-7-9-13/h5-12,24H,3-4H2,1-2H3/b16-12+. The molecular weight excluding hydrogens is 317 g/mol. The summed E-state index contributed by atoms with van der Waals surface area (Å²) in [7, 11) is 0. The second-order valence-corrected chi connectivity index (χ2v) is 5.16. The molecule has 0 radical (unpaired) electrons. The minimum atomic E-state index is -4.80. The predicted octanol–water partition coefficient (Wildman–Crippen LogP) is 5.06. The van der Waals surface area contributed by atoms with E-state index in [1.165, 1.54) is 0 Å². The van der Waals surface area contributed by atoms with Gasteiger partial charge in [0.05, 0.1) is 0 Å². The summed E-state index contributed by atoms with van der Waals surface area (Å²) < 4.78 is 38.4. The number of hydrogen-bond donors (Lipinski definition) is 1. The van der Waals surface area contributed by atoms with Crippen LogP contribution >= 0.6 is 0 Å². The van der Waals surface area contributed by atoms with Crippen LogP contribution in [0.2, 0.25) is 0 Å².